The molecule has 0 spiro atoms. The number of alkyl halides is 3. The lowest BCUT2D eigenvalue weighted by molar-refractivity contribution is -0.141. The predicted molar refractivity (Wildman–Crippen MR) is 142 cm³/mol. The van der Waals surface area contributed by atoms with Crippen molar-refractivity contribution < 1.29 is 37.1 Å². The van der Waals surface area contributed by atoms with E-state index in [1.54, 1.807) is 16.7 Å². The molecule has 3 amide bonds. The van der Waals surface area contributed by atoms with Crippen molar-refractivity contribution in [2.75, 3.05) is 13.6 Å². The third-order valence-electron chi connectivity index (χ3n) is 7.41. The SMILES string of the molecule is CN(C(=O)c1cccc(OCc2ccc(CN3CCn4cc(C(F)(F)F)nc4C3)cc2)c1C=O)C1CCC(=O)NC1=O. The van der Waals surface area contributed by atoms with Crippen LogP contribution in [-0.4, -0.2) is 63.0 Å². The maximum atomic E-state index is 13.2. The van der Waals surface area contributed by atoms with Gasteiger partial charge in [0.25, 0.3) is 5.91 Å². The van der Waals surface area contributed by atoms with E-state index in [-0.39, 0.29) is 36.3 Å². The zero-order chi connectivity index (χ0) is 30.0. The molecule has 0 bridgehead atoms. The Balaban J connectivity index is 1.20. The van der Waals surface area contributed by atoms with Gasteiger partial charge in [0.15, 0.2) is 12.0 Å². The molecule has 2 aromatic carbocycles. The van der Waals surface area contributed by atoms with E-state index < -0.39 is 35.6 Å². The minimum Gasteiger partial charge on any atom is -0.488 e. The number of ether oxygens (including phenoxy) is 1. The summed E-state index contributed by atoms with van der Waals surface area (Å²) in [6.45, 7) is 1.98. The van der Waals surface area contributed by atoms with E-state index in [4.69, 9.17) is 4.74 Å². The van der Waals surface area contributed by atoms with Crippen LogP contribution in [0.4, 0.5) is 13.2 Å². The van der Waals surface area contributed by atoms with Crippen LogP contribution in [-0.2, 0) is 42.0 Å². The third kappa shape index (κ3) is 6.20. The van der Waals surface area contributed by atoms with E-state index in [1.807, 2.05) is 29.2 Å². The Kier molecular flexibility index (Phi) is 8.12. The number of aromatic nitrogens is 2. The molecular formula is C29H28F3N5O5. The summed E-state index contributed by atoms with van der Waals surface area (Å²) in [5, 5.41) is 2.22. The molecule has 1 N–H and O–H groups in total. The summed E-state index contributed by atoms with van der Waals surface area (Å²) in [6, 6.07) is 11.3. The van der Waals surface area contributed by atoms with Crippen molar-refractivity contribution in [3.63, 3.8) is 0 Å². The first-order chi connectivity index (χ1) is 20.0. The number of nitrogens with one attached hydrogen (secondary N) is 1. The van der Waals surface area contributed by atoms with Crippen molar-refractivity contribution in [3.05, 3.63) is 82.4 Å². The lowest BCUT2D eigenvalue weighted by Gasteiger charge is -2.30. The summed E-state index contributed by atoms with van der Waals surface area (Å²) in [5.74, 6) is -0.910. The van der Waals surface area contributed by atoms with Crippen LogP contribution in [0.2, 0.25) is 0 Å². The number of hydrogen-bond acceptors (Lipinski definition) is 7. The predicted octanol–water partition coefficient (Wildman–Crippen LogP) is 3.19. The van der Waals surface area contributed by atoms with Crippen LogP contribution < -0.4 is 10.1 Å². The van der Waals surface area contributed by atoms with E-state index >= 15 is 0 Å². The summed E-state index contributed by atoms with van der Waals surface area (Å²) in [5.41, 5.74) is 1.02. The van der Waals surface area contributed by atoms with Gasteiger partial charge in [0.1, 0.15) is 24.2 Å². The van der Waals surface area contributed by atoms with E-state index in [0.717, 1.165) is 17.3 Å². The van der Waals surface area contributed by atoms with Crippen LogP contribution in [0, 0.1) is 0 Å². The highest BCUT2D eigenvalue weighted by Gasteiger charge is 2.36. The minimum absolute atomic E-state index is 0.0513. The Bertz CT molecular complexity index is 1520. The van der Waals surface area contributed by atoms with Crippen LogP contribution in [0.1, 0.15) is 56.2 Å². The van der Waals surface area contributed by atoms with Gasteiger partial charge in [0, 0.05) is 39.3 Å². The fourth-order valence-electron chi connectivity index (χ4n) is 5.10. The molecule has 0 saturated carbocycles. The zero-order valence-corrected chi connectivity index (χ0v) is 22.7. The van der Waals surface area contributed by atoms with Gasteiger partial charge in [-0.3, -0.25) is 29.4 Å². The first-order valence-corrected chi connectivity index (χ1v) is 13.3. The highest BCUT2D eigenvalue weighted by atomic mass is 19.4. The molecular weight excluding hydrogens is 555 g/mol. The average molecular weight is 584 g/mol. The molecule has 10 nitrogen and oxygen atoms in total. The lowest BCUT2D eigenvalue weighted by Crippen LogP contribution is -2.53. The molecule has 220 valence electrons. The molecule has 13 heteroatoms. The second-order valence-electron chi connectivity index (χ2n) is 10.3. The number of fused-ring (bicyclic) bond motifs is 1. The van der Waals surface area contributed by atoms with E-state index in [0.29, 0.717) is 38.3 Å². The molecule has 0 aliphatic carbocycles. The highest BCUT2D eigenvalue weighted by molar-refractivity contribution is 6.06. The number of benzene rings is 2. The molecule has 1 saturated heterocycles. The monoisotopic (exact) mass is 583 g/mol. The number of amides is 3. The normalized spacial score (nSPS) is 17.4. The van der Waals surface area contributed by atoms with Gasteiger partial charge in [0.05, 0.1) is 17.7 Å². The van der Waals surface area contributed by atoms with Crippen molar-refractivity contribution >= 4 is 24.0 Å². The first kappa shape index (κ1) is 29.0. The lowest BCUT2D eigenvalue weighted by atomic mass is 10.0. The summed E-state index contributed by atoms with van der Waals surface area (Å²) in [7, 11) is 1.45. The molecule has 1 atom stereocenters. The van der Waals surface area contributed by atoms with Gasteiger partial charge in [-0.05, 0) is 29.7 Å². The Morgan fingerprint density at radius 2 is 1.88 bits per heavy atom. The van der Waals surface area contributed by atoms with Gasteiger partial charge >= 0.3 is 6.18 Å². The minimum atomic E-state index is -4.47. The Labute approximate surface area is 239 Å². The number of likely N-dealkylation sites (N-methyl/N-ethyl adjacent to an activating group) is 1. The number of imidazole rings is 1. The number of hydrogen-bond donors (Lipinski definition) is 1. The second-order valence-corrected chi connectivity index (χ2v) is 10.3. The van der Waals surface area contributed by atoms with Crippen molar-refractivity contribution in [2.24, 2.45) is 0 Å². The van der Waals surface area contributed by atoms with Crippen molar-refractivity contribution in [1.29, 1.82) is 0 Å². The number of carbonyl (C=O) groups is 4. The number of nitrogens with zero attached hydrogens (tertiary/aromatic N) is 4. The molecule has 1 fully saturated rings. The smallest absolute Gasteiger partial charge is 0.434 e. The molecule has 3 heterocycles. The summed E-state index contributed by atoms with van der Waals surface area (Å²) >= 11 is 0. The van der Waals surface area contributed by atoms with Gasteiger partial charge < -0.3 is 14.2 Å². The first-order valence-electron chi connectivity index (χ1n) is 13.3. The van der Waals surface area contributed by atoms with Crippen molar-refractivity contribution in [2.45, 2.75) is 51.3 Å². The fourth-order valence-corrected chi connectivity index (χ4v) is 5.10. The Morgan fingerprint density at radius 3 is 2.57 bits per heavy atom. The van der Waals surface area contributed by atoms with Gasteiger partial charge in [-0.1, -0.05) is 30.3 Å². The number of rotatable bonds is 8. The van der Waals surface area contributed by atoms with Gasteiger partial charge in [-0.25, -0.2) is 4.98 Å². The topological polar surface area (TPSA) is 114 Å². The average Bonchev–Trinajstić information content (AvgIpc) is 3.40. The largest absolute Gasteiger partial charge is 0.488 e. The van der Waals surface area contributed by atoms with Crippen LogP contribution in [0.15, 0.2) is 48.7 Å². The molecule has 2 aliphatic heterocycles. The molecule has 3 aromatic rings. The molecule has 1 aromatic heterocycles. The quantitative estimate of drug-likeness (QED) is 0.320. The summed E-state index contributed by atoms with van der Waals surface area (Å²) in [4.78, 5) is 55.8. The van der Waals surface area contributed by atoms with Crippen molar-refractivity contribution in [1.82, 2.24) is 24.7 Å². The number of aldehydes is 1. The highest BCUT2D eigenvalue weighted by Crippen LogP contribution is 2.30. The molecule has 2 aliphatic rings. The fraction of sp³-hybridized carbons (Fsp3) is 0.345. The van der Waals surface area contributed by atoms with E-state index in [9.17, 15) is 32.3 Å². The van der Waals surface area contributed by atoms with Gasteiger partial charge in [-0.15, -0.1) is 0 Å². The standard InChI is InChI=1S/C29H28F3N5O5/c1-35(22-9-10-26(39)34-27(22)40)28(41)20-3-2-4-23(21(20)16-38)42-17-19-7-5-18(6-8-19)13-36-11-12-37-14-24(29(30,31)32)33-25(37)15-36/h2-8,14,16,22H,9-13,15,17H2,1H3,(H,34,39,40). The van der Waals surface area contributed by atoms with Gasteiger partial charge in [-0.2, -0.15) is 13.2 Å². The number of imide groups is 1. The number of carbonyl (C=O) groups excluding carboxylic acids is 4. The molecule has 0 radical (unpaired) electrons. The van der Waals surface area contributed by atoms with E-state index in [1.165, 1.54) is 18.0 Å². The number of halogens is 3. The van der Waals surface area contributed by atoms with Crippen LogP contribution in [0.3, 0.4) is 0 Å². The maximum absolute atomic E-state index is 13.2. The Morgan fingerprint density at radius 1 is 1.14 bits per heavy atom. The molecule has 5 rings (SSSR count). The van der Waals surface area contributed by atoms with E-state index in [2.05, 4.69) is 10.3 Å². The van der Waals surface area contributed by atoms with Crippen LogP contribution >= 0.6 is 0 Å². The van der Waals surface area contributed by atoms with Crippen LogP contribution in [0.25, 0.3) is 0 Å². The third-order valence-corrected chi connectivity index (χ3v) is 7.41. The molecule has 1 unspecified atom stereocenters. The van der Waals surface area contributed by atoms with Crippen LogP contribution in [0.5, 0.6) is 5.75 Å². The zero-order valence-electron chi connectivity index (χ0n) is 22.7. The summed E-state index contributed by atoms with van der Waals surface area (Å²) in [6.07, 6.45) is -2.58. The van der Waals surface area contributed by atoms with Crippen molar-refractivity contribution in [3.8, 4) is 5.75 Å². The molecule has 42 heavy (non-hydrogen) atoms. The summed E-state index contributed by atoms with van der Waals surface area (Å²) < 4.78 is 46.4. The van der Waals surface area contributed by atoms with Gasteiger partial charge in [0.2, 0.25) is 11.8 Å². The number of piperidine rings is 1. The Hall–Kier alpha value is -4.52. The maximum Gasteiger partial charge on any atom is 0.434 e. The second kappa shape index (κ2) is 11.8.